The van der Waals surface area contributed by atoms with Crippen molar-refractivity contribution >= 4 is 15.9 Å². The van der Waals surface area contributed by atoms with Gasteiger partial charge in [-0.1, -0.05) is 53.2 Å². The summed E-state index contributed by atoms with van der Waals surface area (Å²) in [5, 5.41) is 3.63. The third kappa shape index (κ3) is 3.96. The van der Waals surface area contributed by atoms with E-state index in [1.807, 2.05) is 0 Å². The third-order valence-corrected chi connectivity index (χ3v) is 4.96. The lowest BCUT2D eigenvalue weighted by atomic mass is 9.92. The summed E-state index contributed by atoms with van der Waals surface area (Å²) in [7, 11) is 0. The molecular weight excluding hydrogens is 322 g/mol. The second-order valence-corrected chi connectivity index (χ2v) is 6.55. The molecule has 1 nitrogen and oxygen atoms in total. The van der Waals surface area contributed by atoms with Gasteiger partial charge < -0.3 is 5.32 Å². The summed E-state index contributed by atoms with van der Waals surface area (Å²) in [5.74, 6) is 0. The van der Waals surface area contributed by atoms with Crippen LogP contribution in [0.5, 0.6) is 0 Å². The normalized spacial score (nSPS) is 12.4. The number of likely N-dealkylation sites (N-methyl/N-ethyl adjacent to an activating group) is 1. The first-order chi connectivity index (χ1) is 10.0. The fourth-order valence-electron chi connectivity index (χ4n) is 2.76. The van der Waals surface area contributed by atoms with Crippen molar-refractivity contribution in [1.82, 2.24) is 5.32 Å². The molecule has 0 amide bonds. The highest BCUT2D eigenvalue weighted by Gasteiger charge is 2.14. The van der Waals surface area contributed by atoms with Crippen LogP contribution in [0.4, 0.5) is 0 Å². The summed E-state index contributed by atoms with van der Waals surface area (Å²) in [6.07, 6.45) is 1.03. The third-order valence-electron chi connectivity index (χ3n) is 4.10. The van der Waals surface area contributed by atoms with Gasteiger partial charge in [0.1, 0.15) is 0 Å². The van der Waals surface area contributed by atoms with Gasteiger partial charge in [0.05, 0.1) is 0 Å². The minimum atomic E-state index is 0.353. The van der Waals surface area contributed by atoms with Crippen molar-refractivity contribution in [3.05, 3.63) is 68.7 Å². The lowest BCUT2D eigenvalue weighted by Crippen LogP contribution is -2.23. The van der Waals surface area contributed by atoms with Gasteiger partial charge in [0.15, 0.2) is 0 Å². The molecule has 21 heavy (non-hydrogen) atoms. The van der Waals surface area contributed by atoms with Crippen molar-refractivity contribution in [3.8, 4) is 0 Å². The van der Waals surface area contributed by atoms with Gasteiger partial charge in [-0.15, -0.1) is 0 Å². The summed E-state index contributed by atoms with van der Waals surface area (Å²) in [6.45, 7) is 9.68. The van der Waals surface area contributed by atoms with E-state index >= 15 is 0 Å². The van der Waals surface area contributed by atoms with E-state index in [-0.39, 0.29) is 0 Å². The van der Waals surface area contributed by atoms with Gasteiger partial charge in [-0.25, -0.2) is 0 Å². The molecule has 0 aliphatic heterocycles. The summed E-state index contributed by atoms with van der Waals surface area (Å²) >= 11 is 3.65. The van der Waals surface area contributed by atoms with Gasteiger partial charge in [-0.2, -0.15) is 0 Å². The van der Waals surface area contributed by atoms with Gasteiger partial charge in [-0.05, 0) is 67.6 Å². The monoisotopic (exact) mass is 345 g/mol. The molecule has 2 aromatic carbocycles. The second-order valence-electron chi connectivity index (χ2n) is 5.69. The lowest BCUT2D eigenvalue weighted by molar-refractivity contribution is 0.547. The molecule has 2 rings (SSSR count). The topological polar surface area (TPSA) is 12.0 Å². The number of nitrogens with one attached hydrogen (secondary N) is 1. The van der Waals surface area contributed by atoms with E-state index in [2.05, 4.69) is 85.3 Å². The van der Waals surface area contributed by atoms with E-state index in [4.69, 9.17) is 0 Å². The zero-order valence-corrected chi connectivity index (χ0v) is 14.9. The molecule has 2 aromatic rings. The molecule has 0 aromatic heterocycles. The Hall–Kier alpha value is -1.12. The Morgan fingerprint density at radius 3 is 2.24 bits per heavy atom. The average molecular weight is 346 g/mol. The molecule has 0 saturated carbocycles. The van der Waals surface area contributed by atoms with Crippen LogP contribution in [0.2, 0.25) is 0 Å². The van der Waals surface area contributed by atoms with Gasteiger partial charge >= 0.3 is 0 Å². The van der Waals surface area contributed by atoms with Crippen molar-refractivity contribution in [1.29, 1.82) is 0 Å². The molecule has 2 heteroatoms. The lowest BCUT2D eigenvalue weighted by Gasteiger charge is -2.21. The maximum atomic E-state index is 3.65. The Kier molecular flexibility index (Phi) is 5.60. The zero-order valence-electron chi connectivity index (χ0n) is 13.3. The minimum Gasteiger partial charge on any atom is -0.310 e. The Balaban J connectivity index is 2.33. The molecule has 1 atom stereocenters. The SMILES string of the molecule is CCNC(Cc1c(C)cccc1C)c1ccc(C)c(Br)c1. The number of aryl methyl sites for hydroxylation is 3. The zero-order chi connectivity index (χ0) is 15.4. The Labute approximate surface area is 136 Å². The molecule has 1 N–H and O–H groups in total. The van der Waals surface area contributed by atoms with E-state index in [0.29, 0.717) is 6.04 Å². The average Bonchev–Trinajstić information content (AvgIpc) is 2.45. The van der Waals surface area contributed by atoms with Crippen LogP contribution >= 0.6 is 15.9 Å². The van der Waals surface area contributed by atoms with Gasteiger partial charge in [0.25, 0.3) is 0 Å². The fraction of sp³-hybridized carbons (Fsp3) is 0.368. The van der Waals surface area contributed by atoms with E-state index < -0.39 is 0 Å². The highest BCUT2D eigenvalue weighted by Crippen LogP contribution is 2.26. The standard InChI is InChI=1S/C19H24BrN/c1-5-21-19(16-10-9-15(4)18(20)11-16)12-17-13(2)7-6-8-14(17)3/h6-11,19,21H,5,12H2,1-4H3. The predicted octanol–water partition coefficient (Wildman–Crippen LogP) is 5.27. The second kappa shape index (κ2) is 7.24. The van der Waals surface area contributed by atoms with Crippen LogP contribution in [0.1, 0.15) is 40.8 Å². The number of benzene rings is 2. The van der Waals surface area contributed by atoms with Crippen LogP contribution in [-0.2, 0) is 6.42 Å². The molecule has 0 spiro atoms. The molecule has 0 saturated heterocycles. The number of halogens is 1. The fourth-order valence-corrected chi connectivity index (χ4v) is 3.15. The van der Waals surface area contributed by atoms with Crippen LogP contribution in [0.3, 0.4) is 0 Å². The maximum absolute atomic E-state index is 3.65. The molecular formula is C19H24BrN. The Morgan fingerprint density at radius 2 is 1.67 bits per heavy atom. The first kappa shape index (κ1) is 16.3. The van der Waals surface area contributed by atoms with Crippen molar-refractivity contribution < 1.29 is 0 Å². The molecule has 112 valence electrons. The highest BCUT2D eigenvalue weighted by atomic mass is 79.9. The van der Waals surface area contributed by atoms with E-state index in [9.17, 15) is 0 Å². The molecule has 0 radical (unpaired) electrons. The molecule has 0 aliphatic rings. The van der Waals surface area contributed by atoms with Crippen LogP contribution in [0.25, 0.3) is 0 Å². The minimum absolute atomic E-state index is 0.353. The molecule has 0 fully saturated rings. The van der Waals surface area contributed by atoms with Gasteiger partial charge in [0.2, 0.25) is 0 Å². The number of hydrogen-bond acceptors (Lipinski definition) is 1. The largest absolute Gasteiger partial charge is 0.310 e. The molecule has 0 aliphatic carbocycles. The van der Waals surface area contributed by atoms with Gasteiger partial charge in [0, 0.05) is 10.5 Å². The van der Waals surface area contributed by atoms with Gasteiger partial charge in [-0.3, -0.25) is 0 Å². The number of hydrogen-bond donors (Lipinski definition) is 1. The number of rotatable bonds is 5. The van der Waals surface area contributed by atoms with Crippen molar-refractivity contribution in [2.24, 2.45) is 0 Å². The molecule has 0 bridgehead atoms. The first-order valence-corrected chi connectivity index (χ1v) is 8.36. The summed E-state index contributed by atoms with van der Waals surface area (Å²) < 4.78 is 1.18. The van der Waals surface area contributed by atoms with Crippen molar-refractivity contribution in [3.63, 3.8) is 0 Å². The van der Waals surface area contributed by atoms with Crippen LogP contribution in [-0.4, -0.2) is 6.54 Å². The van der Waals surface area contributed by atoms with Crippen molar-refractivity contribution in [2.75, 3.05) is 6.54 Å². The van der Waals surface area contributed by atoms with Crippen LogP contribution in [0.15, 0.2) is 40.9 Å². The Bertz CT molecular complexity index is 599. The predicted molar refractivity (Wildman–Crippen MR) is 94.9 cm³/mol. The van der Waals surface area contributed by atoms with Crippen LogP contribution in [0, 0.1) is 20.8 Å². The van der Waals surface area contributed by atoms with E-state index in [1.165, 1.54) is 32.3 Å². The van der Waals surface area contributed by atoms with E-state index in [0.717, 1.165) is 13.0 Å². The molecule has 1 unspecified atom stereocenters. The maximum Gasteiger partial charge on any atom is 0.0361 e. The summed E-state index contributed by atoms with van der Waals surface area (Å²) in [6, 6.07) is 13.6. The quantitative estimate of drug-likeness (QED) is 0.778. The summed E-state index contributed by atoms with van der Waals surface area (Å²) in [4.78, 5) is 0. The summed E-state index contributed by atoms with van der Waals surface area (Å²) in [5.41, 5.74) is 6.84. The Morgan fingerprint density at radius 1 is 1.00 bits per heavy atom. The van der Waals surface area contributed by atoms with E-state index in [1.54, 1.807) is 0 Å². The molecule has 0 heterocycles. The van der Waals surface area contributed by atoms with Crippen LogP contribution < -0.4 is 5.32 Å². The first-order valence-electron chi connectivity index (χ1n) is 7.57. The smallest absolute Gasteiger partial charge is 0.0361 e. The highest BCUT2D eigenvalue weighted by molar-refractivity contribution is 9.10. The van der Waals surface area contributed by atoms with Crippen molar-refractivity contribution in [2.45, 2.75) is 40.2 Å².